The van der Waals surface area contributed by atoms with Crippen molar-refractivity contribution in [3.8, 4) is 5.75 Å². The van der Waals surface area contributed by atoms with Gasteiger partial charge >= 0.3 is 0 Å². The summed E-state index contributed by atoms with van der Waals surface area (Å²) in [4.78, 5) is 11.7. The number of anilines is 1. The van der Waals surface area contributed by atoms with Gasteiger partial charge < -0.3 is 10.1 Å². The maximum atomic E-state index is 11.7. The van der Waals surface area contributed by atoms with Crippen LogP contribution in [0.2, 0.25) is 0 Å². The Morgan fingerprint density at radius 3 is 2.47 bits per heavy atom. The van der Waals surface area contributed by atoms with Crippen LogP contribution in [-0.2, 0) is 14.6 Å². The second-order valence-electron chi connectivity index (χ2n) is 3.66. The highest BCUT2D eigenvalue weighted by Gasteiger charge is 2.24. The summed E-state index contributed by atoms with van der Waals surface area (Å²) in [6, 6.07) is 6.81. The SMILES string of the molecule is COc1ccccc1NC(=O)C(C)S(C)(=O)=O. The van der Waals surface area contributed by atoms with Crippen LogP contribution in [0.3, 0.4) is 0 Å². The number of carbonyl (C=O) groups is 1. The van der Waals surface area contributed by atoms with Crippen molar-refractivity contribution in [2.24, 2.45) is 0 Å². The second-order valence-corrected chi connectivity index (χ2v) is 6.03. The molecule has 0 spiro atoms. The fourth-order valence-electron chi connectivity index (χ4n) is 1.18. The van der Waals surface area contributed by atoms with Gasteiger partial charge in [-0.3, -0.25) is 4.79 Å². The lowest BCUT2D eigenvalue weighted by Crippen LogP contribution is -2.31. The van der Waals surface area contributed by atoms with Crippen molar-refractivity contribution >= 4 is 21.4 Å². The van der Waals surface area contributed by atoms with E-state index in [1.807, 2.05) is 0 Å². The number of carbonyl (C=O) groups excluding carboxylic acids is 1. The summed E-state index contributed by atoms with van der Waals surface area (Å²) in [7, 11) is -1.92. The second kappa shape index (κ2) is 5.18. The fourth-order valence-corrected chi connectivity index (χ4v) is 1.62. The van der Waals surface area contributed by atoms with Crippen LogP contribution in [-0.4, -0.2) is 32.9 Å². The van der Waals surface area contributed by atoms with Crippen molar-refractivity contribution in [2.45, 2.75) is 12.2 Å². The molecule has 0 aliphatic rings. The average molecular weight is 257 g/mol. The van der Waals surface area contributed by atoms with Crippen LogP contribution in [0.25, 0.3) is 0 Å². The summed E-state index contributed by atoms with van der Waals surface area (Å²) in [5.74, 6) is -0.0847. The first kappa shape index (κ1) is 13.5. The molecule has 1 unspecified atom stereocenters. The van der Waals surface area contributed by atoms with Crippen LogP contribution in [0.15, 0.2) is 24.3 Å². The fraction of sp³-hybridized carbons (Fsp3) is 0.364. The Morgan fingerprint density at radius 1 is 1.35 bits per heavy atom. The van der Waals surface area contributed by atoms with Gasteiger partial charge in [0.15, 0.2) is 9.84 Å². The van der Waals surface area contributed by atoms with E-state index in [1.54, 1.807) is 24.3 Å². The number of ether oxygens (including phenoxy) is 1. The Morgan fingerprint density at radius 2 is 1.94 bits per heavy atom. The van der Waals surface area contributed by atoms with Crippen molar-refractivity contribution in [1.29, 1.82) is 0 Å². The molecule has 1 amide bonds. The maximum Gasteiger partial charge on any atom is 0.242 e. The largest absolute Gasteiger partial charge is 0.495 e. The molecule has 1 aromatic rings. The van der Waals surface area contributed by atoms with Crippen LogP contribution in [0.4, 0.5) is 5.69 Å². The Hall–Kier alpha value is -1.56. The van der Waals surface area contributed by atoms with Crippen molar-refractivity contribution in [3.05, 3.63) is 24.3 Å². The number of rotatable bonds is 4. The van der Waals surface area contributed by atoms with Crippen LogP contribution < -0.4 is 10.1 Å². The predicted molar refractivity (Wildman–Crippen MR) is 65.9 cm³/mol. The van der Waals surface area contributed by atoms with E-state index in [0.717, 1.165) is 6.26 Å². The molecule has 0 aliphatic carbocycles. The van der Waals surface area contributed by atoms with Gasteiger partial charge in [0.2, 0.25) is 5.91 Å². The van der Waals surface area contributed by atoms with Gasteiger partial charge in [0.25, 0.3) is 0 Å². The third-order valence-electron chi connectivity index (χ3n) is 2.38. The Bertz CT molecular complexity index is 510. The van der Waals surface area contributed by atoms with Gasteiger partial charge in [-0.05, 0) is 19.1 Å². The highest BCUT2D eigenvalue weighted by atomic mass is 32.2. The van der Waals surface area contributed by atoms with E-state index in [0.29, 0.717) is 11.4 Å². The third-order valence-corrected chi connectivity index (χ3v) is 3.87. The molecule has 1 rings (SSSR count). The smallest absolute Gasteiger partial charge is 0.242 e. The van der Waals surface area contributed by atoms with Crippen LogP contribution in [0, 0.1) is 0 Å². The Kier molecular flexibility index (Phi) is 4.11. The molecule has 1 aromatic carbocycles. The monoisotopic (exact) mass is 257 g/mol. The van der Waals surface area contributed by atoms with Gasteiger partial charge in [-0.25, -0.2) is 8.42 Å². The first-order chi connectivity index (χ1) is 7.86. The molecule has 1 N–H and O–H groups in total. The van der Waals surface area contributed by atoms with Gasteiger partial charge in [-0.1, -0.05) is 12.1 Å². The van der Waals surface area contributed by atoms with E-state index in [-0.39, 0.29) is 0 Å². The quantitative estimate of drug-likeness (QED) is 0.875. The molecule has 17 heavy (non-hydrogen) atoms. The van der Waals surface area contributed by atoms with Gasteiger partial charge in [-0.15, -0.1) is 0 Å². The lowest BCUT2D eigenvalue weighted by Gasteiger charge is -2.12. The van der Waals surface area contributed by atoms with Gasteiger partial charge in [0, 0.05) is 6.26 Å². The van der Waals surface area contributed by atoms with E-state index >= 15 is 0 Å². The first-order valence-corrected chi connectivity index (χ1v) is 6.94. The molecule has 0 aromatic heterocycles. The zero-order valence-electron chi connectivity index (χ0n) is 9.93. The Balaban J connectivity index is 2.89. The topological polar surface area (TPSA) is 72.5 Å². The van der Waals surface area contributed by atoms with Crippen molar-refractivity contribution in [1.82, 2.24) is 0 Å². The Labute approximate surface area is 101 Å². The van der Waals surface area contributed by atoms with E-state index in [1.165, 1.54) is 14.0 Å². The number of nitrogens with one attached hydrogen (secondary N) is 1. The van der Waals surface area contributed by atoms with Crippen molar-refractivity contribution < 1.29 is 17.9 Å². The maximum absolute atomic E-state index is 11.7. The van der Waals surface area contributed by atoms with Crippen LogP contribution >= 0.6 is 0 Å². The van der Waals surface area contributed by atoms with E-state index in [4.69, 9.17) is 4.74 Å². The molecular formula is C11H15NO4S. The normalized spacial score (nSPS) is 12.9. The minimum atomic E-state index is -3.39. The summed E-state index contributed by atoms with van der Waals surface area (Å²) in [6.45, 7) is 1.35. The molecule has 0 saturated heterocycles. The molecule has 0 heterocycles. The minimum Gasteiger partial charge on any atom is -0.495 e. The molecule has 0 radical (unpaired) electrons. The molecular weight excluding hydrogens is 242 g/mol. The molecule has 6 heteroatoms. The first-order valence-electron chi connectivity index (χ1n) is 4.99. The van der Waals surface area contributed by atoms with E-state index < -0.39 is 21.0 Å². The third kappa shape index (κ3) is 3.45. The summed E-state index contributed by atoms with van der Waals surface area (Å²) in [5, 5.41) is 1.43. The van der Waals surface area contributed by atoms with Gasteiger partial charge in [-0.2, -0.15) is 0 Å². The van der Waals surface area contributed by atoms with Gasteiger partial charge in [0.05, 0.1) is 12.8 Å². The predicted octanol–water partition coefficient (Wildman–Crippen LogP) is 1.07. The number of hydrogen-bond acceptors (Lipinski definition) is 4. The van der Waals surface area contributed by atoms with Crippen LogP contribution in [0.1, 0.15) is 6.92 Å². The molecule has 0 bridgehead atoms. The van der Waals surface area contributed by atoms with Crippen molar-refractivity contribution in [3.63, 3.8) is 0 Å². The lowest BCUT2D eigenvalue weighted by atomic mass is 10.3. The summed E-state index contributed by atoms with van der Waals surface area (Å²) in [5.41, 5.74) is 0.454. The molecule has 1 atom stereocenters. The number of methoxy groups -OCH3 is 1. The molecule has 0 saturated carbocycles. The number of hydrogen-bond donors (Lipinski definition) is 1. The lowest BCUT2D eigenvalue weighted by molar-refractivity contribution is -0.115. The number of para-hydroxylation sites is 2. The molecule has 5 nitrogen and oxygen atoms in total. The van der Waals surface area contributed by atoms with E-state index in [9.17, 15) is 13.2 Å². The van der Waals surface area contributed by atoms with Gasteiger partial charge in [0.1, 0.15) is 11.0 Å². The average Bonchev–Trinajstić information content (AvgIpc) is 2.27. The van der Waals surface area contributed by atoms with Crippen LogP contribution in [0.5, 0.6) is 5.75 Å². The zero-order chi connectivity index (χ0) is 13.1. The highest BCUT2D eigenvalue weighted by molar-refractivity contribution is 7.92. The zero-order valence-corrected chi connectivity index (χ0v) is 10.7. The number of amides is 1. The van der Waals surface area contributed by atoms with Crippen molar-refractivity contribution in [2.75, 3.05) is 18.7 Å². The summed E-state index contributed by atoms with van der Waals surface area (Å²) >= 11 is 0. The standard InChI is InChI=1S/C11H15NO4S/c1-8(17(3,14)15)11(13)12-9-6-4-5-7-10(9)16-2/h4-8H,1-3H3,(H,12,13). The summed E-state index contributed by atoms with van der Waals surface area (Å²) in [6.07, 6.45) is 1.03. The summed E-state index contributed by atoms with van der Waals surface area (Å²) < 4.78 is 27.5. The van der Waals surface area contributed by atoms with E-state index in [2.05, 4.69) is 5.32 Å². The highest BCUT2D eigenvalue weighted by Crippen LogP contribution is 2.23. The minimum absolute atomic E-state index is 0.454. The number of benzene rings is 1. The molecule has 0 fully saturated rings. The molecule has 94 valence electrons. The molecule has 0 aliphatic heterocycles. The number of sulfone groups is 1.